The first-order valence-corrected chi connectivity index (χ1v) is 7.94. The SMILES string of the molecule is CCNC(=NCCOC)NCCc1coc(-c2ccc(F)cc2)n1. The molecular weight excluding hydrogens is 311 g/mol. The van der Waals surface area contributed by atoms with Gasteiger partial charge in [0, 0.05) is 32.2 Å². The molecule has 1 aromatic heterocycles. The van der Waals surface area contributed by atoms with Crippen LogP contribution in [0.3, 0.4) is 0 Å². The Labute approximate surface area is 141 Å². The summed E-state index contributed by atoms with van der Waals surface area (Å²) in [5, 5.41) is 6.40. The van der Waals surface area contributed by atoms with Crippen LogP contribution in [0.25, 0.3) is 11.5 Å². The Morgan fingerprint density at radius 2 is 2.08 bits per heavy atom. The average Bonchev–Trinajstić information content (AvgIpc) is 3.04. The molecular formula is C17H23FN4O2. The topological polar surface area (TPSA) is 71.7 Å². The van der Waals surface area contributed by atoms with E-state index in [-0.39, 0.29) is 5.82 Å². The smallest absolute Gasteiger partial charge is 0.226 e. The van der Waals surface area contributed by atoms with Crippen LogP contribution < -0.4 is 10.6 Å². The molecule has 0 aliphatic rings. The zero-order valence-corrected chi connectivity index (χ0v) is 14.0. The minimum Gasteiger partial charge on any atom is -0.444 e. The van der Waals surface area contributed by atoms with Crippen LogP contribution in [0, 0.1) is 5.82 Å². The van der Waals surface area contributed by atoms with Crippen molar-refractivity contribution < 1.29 is 13.5 Å². The van der Waals surface area contributed by atoms with Crippen molar-refractivity contribution in [3.8, 4) is 11.5 Å². The van der Waals surface area contributed by atoms with Crippen LogP contribution in [0.1, 0.15) is 12.6 Å². The minimum atomic E-state index is -0.279. The fourth-order valence-electron chi connectivity index (χ4n) is 2.05. The molecule has 1 heterocycles. The highest BCUT2D eigenvalue weighted by molar-refractivity contribution is 5.79. The van der Waals surface area contributed by atoms with Gasteiger partial charge in [-0.2, -0.15) is 0 Å². The van der Waals surface area contributed by atoms with Gasteiger partial charge in [0.15, 0.2) is 5.96 Å². The molecule has 0 radical (unpaired) electrons. The van der Waals surface area contributed by atoms with Gasteiger partial charge in [-0.3, -0.25) is 4.99 Å². The molecule has 0 saturated carbocycles. The molecule has 1 aromatic carbocycles. The number of halogens is 1. The number of benzene rings is 1. The van der Waals surface area contributed by atoms with Crippen molar-refractivity contribution in [1.82, 2.24) is 15.6 Å². The number of nitrogens with zero attached hydrogens (tertiary/aromatic N) is 2. The molecule has 0 amide bonds. The quantitative estimate of drug-likeness (QED) is 0.440. The summed E-state index contributed by atoms with van der Waals surface area (Å²) in [5.74, 6) is 0.959. The lowest BCUT2D eigenvalue weighted by Crippen LogP contribution is -2.38. The highest BCUT2D eigenvalue weighted by atomic mass is 19.1. The first-order valence-electron chi connectivity index (χ1n) is 7.94. The van der Waals surface area contributed by atoms with Crippen molar-refractivity contribution in [2.75, 3.05) is 33.4 Å². The summed E-state index contributed by atoms with van der Waals surface area (Å²) in [7, 11) is 1.65. The van der Waals surface area contributed by atoms with Crippen LogP contribution >= 0.6 is 0 Å². The monoisotopic (exact) mass is 334 g/mol. The second-order valence-corrected chi connectivity index (χ2v) is 5.08. The van der Waals surface area contributed by atoms with Crippen LogP contribution in [0.5, 0.6) is 0 Å². The van der Waals surface area contributed by atoms with Gasteiger partial charge < -0.3 is 19.8 Å². The summed E-state index contributed by atoms with van der Waals surface area (Å²) in [6.45, 7) is 4.66. The van der Waals surface area contributed by atoms with E-state index in [0.29, 0.717) is 32.0 Å². The van der Waals surface area contributed by atoms with Crippen LogP contribution in [0.15, 0.2) is 39.9 Å². The fraction of sp³-hybridized carbons (Fsp3) is 0.412. The standard InChI is InChI=1S/C17H23FN4O2/c1-3-19-17(21-10-11-23-2)20-9-8-15-12-24-16(22-15)13-4-6-14(18)7-5-13/h4-7,12H,3,8-11H2,1-2H3,(H2,19,20,21). The molecule has 0 fully saturated rings. The first-order chi connectivity index (χ1) is 11.7. The van der Waals surface area contributed by atoms with Gasteiger partial charge in [0.25, 0.3) is 0 Å². The highest BCUT2D eigenvalue weighted by Gasteiger charge is 2.07. The second-order valence-electron chi connectivity index (χ2n) is 5.08. The molecule has 0 aliphatic heterocycles. The number of methoxy groups -OCH3 is 1. The summed E-state index contributed by atoms with van der Waals surface area (Å²) in [4.78, 5) is 8.80. The molecule has 0 spiro atoms. The number of nitrogens with one attached hydrogen (secondary N) is 2. The molecule has 24 heavy (non-hydrogen) atoms. The van der Waals surface area contributed by atoms with E-state index in [1.807, 2.05) is 6.92 Å². The van der Waals surface area contributed by atoms with Crippen molar-refractivity contribution in [3.05, 3.63) is 42.0 Å². The number of aliphatic imine (C=N–C) groups is 1. The number of rotatable bonds is 8. The second kappa shape index (κ2) is 9.67. The van der Waals surface area contributed by atoms with Crippen LogP contribution in [0.4, 0.5) is 4.39 Å². The third-order valence-corrected chi connectivity index (χ3v) is 3.23. The van der Waals surface area contributed by atoms with Gasteiger partial charge >= 0.3 is 0 Å². The molecule has 6 nitrogen and oxygen atoms in total. The molecule has 0 unspecified atom stereocenters. The maximum absolute atomic E-state index is 12.9. The van der Waals surface area contributed by atoms with E-state index in [0.717, 1.165) is 23.8 Å². The van der Waals surface area contributed by atoms with Crippen molar-refractivity contribution >= 4 is 5.96 Å². The van der Waals surface area contributed by atoms with Crippen LogP contribution in [-0.2, 0) is 11.2 Å². The third kappa shape index (κ3) is 5.66. The van der Waals surface area contributed by atoms with Crippen molar-refractivity contribution in [3.63, 3.8) is 0 Å². The van der Waals surface area contributed by atoms with Crippen molar-refractivity contribution in [2.24, 2.45) is 4.99 Å². The molecule has 2 rings (SSSR count). The molecule has 0 aliphatic carbocycles. The first kappa shape index (κ1) is 17.9. The van der Waals surface area contributed by atoms with Gasteiger partial charge in [0.2, 0.25) is 5.89 Å². The zero-order chi connectivity index (χ0) is 17.2. The van der Waals surface area contributed by atoms with Crippen molar-refractivity contribution in [2.45, 2.75) is 13.3 Å². The lowest BCUT2D eigenvalue weighted by molar-refractivity contribution is 0.208. The Morgan fingerprint density at radius 1 is 1.29 bits per heavy atom. The molecule has 0 bridgehead atoms. The van der Waals surface area contributed by atoms with Crippen LogP contribution in [0.2, 0.25) is 0 Å². The number of guanidine groups is 1. The summed E-state index contributed by atoms with van der Waals surface area (Å²) in [5.41, 5.74) is 1.58. The largest absolute Gasteiger partial charge is 0.444 e. The van der Waals surface area contributed by atoms with Gasteiger partial charge in [0.05, 0.1) is 18.8 Å². The van der Waals surface area contributed by atoms with Crippen molar-refractivity contribution in [1.29, 1.82) is 0 Å². The van der Waals surface area contributed by atoms with Crippen LogP contribution in [-0.4, -0.2) is 44.3 Å². The molecule has 0 atom stereocenters. The number of hydrogen-bond acceptors (Lipinski definition) is 4. The van der Waals surface area contributed by atoms with Gasteiger partial charge in [0.1, 0.15) is 12.1 Å². The van der Waals surface area contributed by atoms with Gasteiger partial charge in [-0.25, -0.2) is 9.37 Å². The molecule has 2 N–H and O–H groups in total. The lowest BCUT2D eigenvalue weighted by atomic mass is 10.2. The Bertz CT molecular complexity index is 640. The number of aromatic nitrogens is 1. The maximum Gasteiger partial charge on any atom is 0.226 e. The summed E-state index contributed by atoms with van der Waals surface area (Å²) < 4.78 is 23.4. The zero-order valence-electron chi connectivity index (χ0n) is 14.0. The predicted octanol–water partition coefficient (Wildman–Crippen LogP) is 2.22. The lowest BCUT2D eigenvalue weighted by Gasteiger charge is -2.10. The van der Waals surface area contributed by atoms with Gasteiger partial charge in [-0.05, 0) is 31.2 Å². The Kier molecular flexibility index (Phi) is 7.22. The molecule has 0 saturated heterocycles. The van der Waals surface area contributed by atoms with E-state index in [2.05, 4.69) is 20.6 Å². The Hall–Kier alpha value is -2.41. The molecule has 7 heteroatoms. The van der Waals surface area contributed by atoms with E-state index >= 15 is 0 Å². The number of ether oxygens (including phenoxy) is 1. The minimum absolute atomic E-state index is 0.279. The van der Waals surface area contributed by atoms with Gasteiger partial charge in [-0.1, -0.05) is 0 Å². The Balaban J connectivity index is 1.85. The maximum atomic E-state index is 12.9. The van der Waals surface area contributed by atoms with E-state index < -0.39 is 0 Å². The summed E-state index contributed by atoms with van der Waals surface area (Å²) in [6.07, 6.45) is 2.31. The fourth-order valence-corrected chi connectivity index (χ4v) is 2.05. The number of oxazole rings is 1. The number of hydrogen-bond donors (Lipinski definition) is 2. The third-order valence-electron chi connectivity index (χ3n) is 3.23. The van der Waals surface area contributed by atoms with E-state index in [1.165, 1.54) is 12.1 Å². The van der Waals surface area contributed by atoms with E-state index in [9.17, 15) is 4.39 Å². The van der Waals surface area contributed by atoms with E-state index in [1.54, 1.807) is 25.5 Å². The summed E-state index contributed by atoms with van der Waals surface area (Å²) in [6, 6.07) is 6.07. The Morgan fingerprint density at radius 3 is 2.79 bits per heavy atom. The summed E-state index contributed by atoms with van der Waals surface area (Å²) >= 11 is 0. The van der Waals surface area contributed by atoms with Gasteiger partial charge in [-0.15, -0.1) is 0 Å². The molecule has 130 valence electrons. The molecule has 2 aromatic rings. The average molecular weight is 334 g/mol. The van der Waals surface area contributed by atoms with E-state index in [4.69, 9.17) is 9.15 Å². The highest BCUT2D eigenvalue weighted by Crippen LogP contribution is 2.18. The predicted molar refractivity (Wildman–Crippen MR) is 91.5 cm³/mol. The normalized spacial score (nSPS) is 11.5.